The molecule has 1 aromatic rings. The lowest BCUT2D eigenvalue weighted by atomic mass is 9.97. The lowest BCUT2D eigenvalue weighted by Crippen LogP contribution is -2.37. The fraction of sp³-hybridized carbons (Fsp3) is 0.714. The molecule has 1 fully saturated rings. The van der Waals surface area contributed by atoms with Crippen LogP contribution in [0.25, 0.3) is 0 Å². The Hall–Kier alpha value is -1.56. The normalized spacial score (nSPS) is 20.2. The fourth-order valence-electron chi connectivity index (χ4n) is 2.88. The molecule has 6 nitrogen and oxygen atoms in total. The molecule has 3 heterocycles. The van der Waals surface area contributed by atoms with Crippen LogP contribution in [-0.2, 0) is 6.54 Å². The predicted octanol–water partition coefficient (Wildman–Crippen LogP) is 0.770. The number of rotatable bonds is 3. The summed E-state index contributed by atoms with van der Waals surface area (Å²) in [5.41, 5.74) is 0.530. The summed E-state index contributed by atoms with van der Waals surface area (Å²) < 4.78 is 2.02. The first-order chi connectivity index (χ1) is 9.72. The molecule has 6 heteroatoms. The Morgan fingerprint density at radius 2 is 2.25 bits per heavy atom. The number of hydrogen-bond donors (Lipinski definition) is 2. The number of imidazole rings is 1. The molecule has 1 aromatic heterocycles. The maximum absolute atomic E-state index is 12.1. The summed E-state index contributed by atoms with van der Waals surface area (Å²) in [5, 5.41) is 6.25. The average molecular weight is 277 g/mol. The van der Waals surface area contributed by atoms with Crippen molar-refractivity contribution in [3.8, 4) is 0 Å². The molecule has 2 N–H and O–H groups in total. The van der Waals surface area contributed by atoms with E-state index in [0.29, 0.717) is 11.6 Å². The number of piperidine rings is 1. The molecule has 0 saturated carbocycles. The van der Waals surface area contributed by atoms with Gasteiger partial charge >= 0.3 is 0 Å². The van der Waals surface area contributed by atoms with Crippen LogP contribution in [0.3, 0.4) is 0 Å². The Kier molecular flexibility index (Phi) is 3.91. The molecule has 110 valence electrons. The standard InChI is InChI=1S/C14H23N5O/c1-18-7-3-11(4-8-18)9-16-13(20)12-10-19-6-2-5-15-14(19)17-12/h10-11H,2-9H2,1H3,(H,15,17)(H,16,20). The summed E-state index contributed by atoms with van der Waals surface area (Å²) in [6.45, 7) is 4.90. The Bertz CT molecular complexity index is 452. The van der Waals surface area contributed by atoms with Crippen LogP contribution in [0, 0.1) is 5.92 Å². The molecule has 20 heavy (non-hydrogen) atoms. The minimum absolute atomic E-state index is 0.0485. The van der Waals surface area contributed by atoms with E-state index in [2.05, 4.69) is 27.6 Å². The minimum atomic E-state index is -0.0485. The lowest BCUT2D eigenvalue weighted by Gasteiger charge is -2.28. The van der Waals surface area contributed by atoms with E-state index in [1.165, 1.54) is 0 Å². The van der Waals surface area contributed by atoms with Crippen molar-refractivity contribution in [2.45, 2.75) is 25.8 Å². The third-order valence-electron chi connectivity index (χ3n) is 4.26. The smallest absolute Gasteiger partial charge is 0.271 e. The number of fused-ring (bicyclic) bond motifs is 1. The van der Waals surface area contributed by atoms with Gasteiger partial charge in [-0.15, -0.1) is 0 Å². The number of aryl methyl sites for hydroxylation is 1. The van der Waals surface area contributed by atoms with Crippen LogP contribution in [-0.4, -0.2) is 53.6 Å². The molecule has 2 aliphatic heterocycles. The van der Waals surface area contributed by atoms with Crippen molar-refractivity contribution in [1.82, 2.24) is 19.8 Å². The Morgan fingerprint density at radius 3 is 3.00 bits per heavy atom. The third-order valence-corrected chi connectivity index (χ3v) is 4.26. The molecule has 0 aromatic carbocycles. The highest BCUT2D eigenvalue weighted by Gasteiger charge is 2.20. The molecule has 3 rings (SSSR count). The number of carbonyl (C=O) groups is 1. The third kappa shape index (κ3) is 2.95. The van der Waals surface area contributed by atoms with Gasteiger partial charge in [-0.05, 0) is 45.3 Å². The molecule has 0 radical (unpaired) electrons. The summed E-state index contributed by atoms with van der Waals surface area (Å²) in [5.74, 6) is 1.37. The topological polar surface area (TPSA) is 62.2 Å². The number of likely N-dealkylation sites (tertiary alicyclic amines) is 1. The summed E-state index contributed by atoms with van der Waals surface area (Å²) in [6.07, 6.45) is 5.27. The van der Waals surface area contributed by atoms with Crippen molar-refractivity contribution in [2.75, 3.05) is 38.5 Å². The number of nitrogens with one attached hydrogen (secondary N) is 2. The SMILES string of the molecule is CN1CCC(CNC(=O)c2cn3c(n2)NCCC3)CC1. The number of hydrogen-bond acceptors (Lipinski definition) is 4. The van der Waals surface area contributed by atoms with Crippen molar-refractivity contribution in [3.05, 3.63) is 11.9 Å². The van der Waals surface area contributed by atoms with Gasteiger partial charge in [0.2, 0.25) is 5.95 Å². The number of amides is 1. The Labute approximate surface area is 119 Å². The highest BCUT2D eigenvalue weighted by Crippen LogP contribution is 2.16. The van der Waals surface area contributed by atoms with Gasteiger partial charge in [0, 0.05) is 25.8 Å². The van der Waals surface area contributed by atoms with Gasteiger partial charge in [0.1, 0.15) is 5.69 Å². The molecule has 0 unspecified atom stereocenters. The van der Waals surface area contributed by atoms with Gasteiger partial charge in [-0.25, -0.2) is 4.98 Å². The predicted molar refractivity (Wildman–Crippen MR) is 77.9 cm³/mol. The highest BCUT2D eigenvalue weighted by molar-refractivity contribution is 5.92. The van der Waals surface area contributed by atoms with Gasteiger partial charge in [0.25, 0.3) is 5.91 Å². The van der Waals surface area contributed by atoms with E-state index in [1.54, 1.807) is 0 Å². The van der Waals surface area contributed by atoms with Crippen molar-refractivity contribution in [2.24, 2.45) is 5.92 Å². The average Bonchev–Trinajstić information content (AvgIpc) is 2.90. The molecule has 0 aliphatic carbocycles. The highest BCUT2D eigenvalue weighted by atomic mass is 16.1. The van der Waals surface area contributed by atoms with Gasteiger partial charge in [-0.3, -0.25) is 4.79 Å². The molecule has 0 atom stereocenters. The fourth-order valence-corrected chi connectivity index (χ4v) is 2.88. The number of anilines is 1. The maximum Gasteiger partial charge on any atom is 0.271 e. The van der Waals surface area contributed by atoms with Gasteiger partial charge < -0.3 is 20.1 Å². The first-order valence-corrected chi connectivity index (χ1v) is 7.50. The van der Waals surface area contributed by atoms with E-state index in [4.69, 9.17) is 0 Å². The summed E-state index contributed by atoms with van der Waals surface area (Å²) >= 11 is 0. The second kappa shape index (κ2) is 5.83. The van der Waals surface area contributed by atoms with E-state index in [0.717, 1.165) is 57.9 Å². The Balaban J connectivity index is 1.52. The van der Waals surface area contributed by atoms with Gasteiger partial charge in [-0.1, -0.05) is 0 Å². The van der Waals surface area contributed by atoms with Crippen LogP contribution in [0.15, 0.2) is 6.20 Å². The maximum atomic E-state index is 12.1. The van der Waals surface area contributed by atoms with Crippen LogP contribution in [0.4, 0.5) is 5.95 Å². The van der Waals surface area contributed by atoms with Crippen LogP contribution in [0.1, 0.15) is 29.8 Å². The zero-order valence-corrected chi connectivity index (χ0v) is 12.1. The number of aromatic nitrogens is 2. The first kappa shape index (κ1) is 13.4. The van der Waals surface area contributed by atoms with Crippen LogP contribution >= 0.6 is 0 Å². The van der Waals surface area contributed by atoms with E-state index < -0.39 is 0 Å². The Morgan fingerprint density at radius 1 is 1.45 bits per heavy atom. The number of carbonyl (C=O) groups excluding carboxylic acids is 1. The van der Waals surface area contributed by atoms with Gasteiger partial charge in [0.15, 0.2) is 0 Å². The van der Waals surface area contributed by atoms with Crippen molar-refractivity contribution in [1.29, 1.82) is 0 Å². The molecule has 1 amide bonds. The largest absolute Gasteiger partial charge is 0.356 e. The summed E-state index contributed by atoms with van der Waals surface area (Å²) in [7, 11) is 2.15. The zero-order valence-electron chi connectivity index (χ0n) is 12.1. The molecule has 0 spiro atoms. The minimum Gasteiger partial charge on any atom is -0.356 e. The lowest BCUT2D eigenvalue weighted by molar-refractivity contribution is 0.0934. The second-order valence-electron chi connectivity index (χ2n) is 5.88. The first-order valence-electron chi connectivity index (χ1n) is 7.50. The zero-order chi connectivity index (χ0) is 13.9. The molecule has 1 saturated heterocycles. The second-order valence-corrected chi connectivity index (χ2v) is 5.88. The van der Waals surface area contributed by atoms with E-state index in [1.807, 2.05) is 10.8 Å². The monoisotopic (exact) mass is 277 g/mol. The summed E-state index contributed by atoms with van der Waals surface area (Å²) in [4.78, 5) is 18.8. The molecular weight excluding hydrogens is 254 g/mol. The van der Waals surface area contributed by atoms with Crippen molar-refractivity contribution >= 4 is 11.9 Å². The molecular formula is C14H23N5O. The van der Waals surface area contributed by atoms with E-state index in [-0.39, 0.29) is 5.91 Å². The van der Waals surface area contributed by atoms with E-state index >= 15 is 0 Å². The molecule has 0 bridgehead atoms. The van der Waals surface area contributed by atoms with Crippen LogP contribution < -0.4 is 10.6 Å². The van der Waals surface area contributed by atoms with E-state index in [9.17, 15) is 4.79 Å². The quantitative estimate of drug-likeness (QED) is 0.857. The van der Waals surface area contributed by atoms with Crippen LogP contribution in [0.2, 0.25) is 0 Å². The van der Waals surface area contributed by atoms with Crippen LogP contribution in [0.5, 0.6) is 0 Å². The van der Waals surface area contributed by atoms with Gasteiger partial charge in [-0.2, -0.15) is 0 Å². The molecule has 2 aliphatic rings. The van der Waals surface area contributed by atoms with Gasteiger partial charge in [0.05, 0.1) is 0 Å². The number of nitrogens with zero attached hydrogens (tertiary/aromatic N) is 3. The van der Waals surface area contributed by atoms with Crippen molar-refractivity contribution in [3.63, 3.8) is 0 Å². The van der Waals surface area contributed by atoms with Crippen molar-refractivity contribution < 1.29 is 4.79 Å². The summed E-state index contributed by atoms with van der Waals surface area (Å²) in [6, 6.07) is 0.